The lowest BCUT2D eigenvalue weighted by atomic mass is 9.81. The van der Waals surface area contributed by atoms with Gasteiger partial charge in [-0.15, -0.1) is 5.10 Å². The van der Waals surface area contributed by atoms with Crippen LogP contribution in [0.25, 0.3) is 11.0 Å². The molecule has 0 radical (unpaired) electrons. The Hall–Kier alpha value is -3.05. The van der Waals surface area contributed by atoms with E-state index in [1.54, 1.807) is 0 Å². The van der Waals surface area contributed by atoms with Gasteiger partial charge in [0.1, 0.15) is 5.52 Å². The number of benzene rings is 3. The number of aromatic nitrogens is 3. The molecule has 31 heavy (non-hydrogen) atoms. The number of hydrogen-bond acceptors (Lipinski definition) is 3. The van der Waals surface area contributed by atoms with Crippen LogP contribution in [0.5, 0.6) is 0 Å². The van der Waals surface area contributed by atoms with Gasteiger partial charge in [0.25, 0.3) is 0 Å². The largest absolute Gasteiger partial charge is 0.291 e. The number of Topliss-reactive ketones (excluding diaryl/α,β-unsaturated/α-hetero) is 1. The second-order valence-electron chi connectivity index (χ2n) is 9.60. The molecule has 0 aliphatic heterocycles. The highest BCUT2D eigenvalue weighted by Gasteiger charge is 2.48. The number of carbonyl (C=O) groups excluding carboxylic acids is 1. The first-order chi connectivity index (χ1) is 14.7. The van der Waals surface area contributed by atoms with Gasteiger partial charge in [0.05, 0.1) is 5.52 Å². The number of hydrogen-bond donors (Lipinski definition) is 0. The van der Waals surface area contributed by atoms with E-state index in [9.17, 15) is 4.79 Å². The minimum Gasteiger partial charge on any atom is -0.291 e. The van der Waals surface area contributed by atoms with Gasteiger partial charge < -0.3 is 0 Å². The van der Waals surface area contributed by atoms with Crippen LogP contribution >= 0.6 is 0 Å². The Morgan fingerprint density at radius 3 is 2.23 bits per heavy atom. The molecule has 4 nitrogen and oxygen atoms in total. The van der Waals surface area contributed by atoms with Crippen molar-refractivity contribution in [3.8, 4) is 0 Å². The predicted octanol–water partition coefficient (Wildman–Crippen LogP) is 6.01. The fourth-order valence-electron chi connectivity index (χ4n) is 4.48. The number of ketones is 1. The van der Waals surface area contributed by atoms with Gasteiger partial charge in [-0.3, -0.25) is 4.79 Å². The van der Waals surface area contributed by atoms with Crippen molar-refractivity contribution in [2.45, 2.75) is 45.1 Å². The number of rotatable bonds is 6. The van der Waals surface area contributed by atoms with Gasteiger partial charge in [-0.1, -0.05) is 91.1 Å². The third-order valence-corrected chi connectivity index (χ3v) is 7.35. The normalized spacial score (nSPS) is 13.8. The number of fused-ring (bicyclic) bond motifs is 1. The molecule has 0 fully saturated rings. The second kappa shape index (κ2) is 7.89. The van der Waals surface area contributed by atoms with Crippen molar-refractivity contribution < 1.29 is 4.79 Å². The van der Waals surface area contributed by atoms with Crippen LogP contribution in [0.15, 0.2) is 72.8 Å². The minimum atomic E-state index is -1.76. The van der Waals surface area contributed by atoms with E-state index in [0.717, 1.165) is 33.8 Å². The molecule has 1 atom stereocenters. The van der Waals surface area contributed by atoms with E-state index < -0.39 is 13.6 Å². The molecule has 0 N–H and O–H groups in total. The summed E-state index contributed by atoms with van der Waals surface area (Å²) in [5, 5.41) is 9.04. The monoisotopic (exact) mass is 427 g/mol. The maximum atomic E-state index is 14.5. The van der Waals surface area contributed by atoms with Crippen LogP contribution in [-0.2, 0) is 5.54 Å². The van der Waals surface area contributed by atoms with E-state index in [1.165, 1.54) is 0 Å². The third kappa shape index (κ3) is 3.86. The standard InChI is InChI=1S/C26H29N3OSi/c1-19-14-16-21(17-15-19)25(30)26(18-31(3,4)5,22-11-7-6-10-20(22)2)29-24-13-9-8-12-23(24)27-28-29/h6-17H,18H2,1-5H3. The smallest absolute Gasteiger partial charge is 0.194 e. The molecule has 158 valence electrons. The summed E-state index contributed by atoms with van der Waals surface area (Å²) in [5.41, 5.74) is 4.64. The molecule has 0 saturated heterocycles. The van der Waals surface area contributed by atoms with Crippen molar-refractivity contribution in [2.75, 3.05) is 0 Å². The van der Waals surface area contributed by atoms with Crippen LogP contribution in [0.4, 0.5) is 0 Å². The molecule has 3 aromatic carbocycles. The van der Waals surface area contributed by atoms with Gasteiger partial charge in [0.15, 0.2) is 11.3 Å². The predicted molar refractivity (Wildman–Crippen MR) is 129 cm³/mol. The van der Waals surface area contributed by atoms with Crippen LogP contribution in [0, 0.1) is 13.8 Å². The summed E-state index contributed by atoms with van der Waals surface area (Å²) in [6.45, 7) is 11.0. The zero-order chi connectivity index (χ0) is 22.2. The molecule has 1 unspecified atom stereocenters. The third-order valence-electron chi connectivity index (χ3n) is 5.78. The summed E-state index contributed by atoms with van der Waals surface area (Å²) >= 11 is 0. The molecule has 0 spiro atoms. The van der Waals surface area contributed by atoms with Gasteiger partial charge in [-0.2, -0.15) is 0 Å². The van der Waals surface area contributed by atoms with E-state index >= 15 is 0 Å². The summed E-state index contributed by atoms with van der Waals surface area (Å²) in [7, 11) is -1.76. The SMILES string of the molecule is Cc1ccc(C(=O)C(C[Si](C)(C)C)(c2ccccc2C)n2nnc3ccccc32)cc1. The molecule has 0 aliphatic rings. The Labute approximate surface area is 184 Å². The Morgan fingerprint density at radius 2 is 1.55 bits per heavy atom. The molecule has 4 aromatic rings. The van der Waals surface area contributed by atoms with Crippen LogP contribution < -0.4 is 0 Å². The van der Waals surface area contributed by atoms with Crippen molar-refractivity contribution in [3.63, 3.8) is 0 Å². The Kier molecular flexibility index (Phi) is 5.39. The lowest BCUT2D eigenvalue weighted by molar-refractivity contribution is 0.0857. The first-order valence-corrected chi connectivity index (χ1v) is 14.4. The molecule has 4 rings (SSSR count). The highest BCUT2D eigenvalue weighted by Crippen LogP contribution is 2.41. The number of carbonyl (C=O) groups is 1. The number of aryl methyl sites for hydroxylation is 2. The minimum absolute atomic E-state index is 0.0693. The highest BCUT2D eigenvalue weighted by molar-refractivity contribution is 6.76. The maximum absolute atomic E-state index is 14.5. The quantitative estimate of drug-likeness (QED) is 0.279. The van der Waals surface area contributed by atoms with Gasteiger partial charge >= 0.3 is 0 Å². The summed E-state index contributed by atoms with van der Waals surface area (Å²) < 4.78 is 1.89. The van der Waals surface area contributed by atoms with Crippen molar-refractivity contribution >= 4 is 24.9 Å². The fraction of sp³-hybridized carbons (Fsp3) is 0.269. The molecular weight excluding hydrogens is 398 g/mol. The van der Waals surface area contributed by atoms with Crippen molar-refractivity contribution in [3.05, 3.63) is 95.1 Å². The first kappa shape index (κ1) is 21.2. The molecule has 0 saturated carbocycles. The summed E-state index contributed by atoms with van der Waals surface area (Å²) in [5.74, 6) is 0.0693. The van der Waals surface area contributed by atoms with E-state index in [2.05, 4.69) is 49.0 Å². The second-order valence-corrected chi connectivity index (χ2v) is 15.1. The average molecular weight is 428 g/mol. The maximum Gasteiger partial charge on any atom is 0.194 e. The molecule has 5 heteroatoms. The lowest BCUT2D eigenvalue weighted by Gasteiger charge is -2.38. The molecule has 0 bridgehead atoms. The van der Waals surface area contributed by atoms with E-state index in [-0.39, 0.29) is 5.78 Å². The zero-order valence-corrected chi connectivity index (χ0v) is 19.9. The number of para-hydroxylation sites is 1. The Morgan fingerprint density at radius 1 is 0.903 bits per heavy atom. The average Bonchev–Trinajstić information content (AvgIpc) is 3.16. The summed E-state index contributed by atoms with van der Waals surface area (Å²) in [6, 6.07) is 24.7. The molecule has 1 heterocycles. The van der Waals surface area contributed by atoms with Crippen LogP contribution in [-0.4, -0.2) is 28.9 Å². The van der Waals surface area contributed by atoms with Crippen molar-refractivity contribution in [1.29, 1.82) is 0 Å². The van der Waals surface area contributed by atoms with Crippen molar-refractivity contribution in [2.24, 2.45) is 0 Å². The van der Waals surface area contributed by atoms with Crippen LogP contribution in [0.1, 0.15) is 27.0 Å². The number of nitrogens with zero attached hydrogens (tertiary/aromatic N) is 3. The van der Waals surface area contributed by atoms with E-state index in [4.69, 9.17) is 0 Å². The first-order valence-electron chi connectivity index (χ1n) is 10.7. The molecular formula is C26H29N3OSi. The van der Waals surface area contributed by atoms with Crippen LogP contribution in [0.2, 0.25) is 25.7 Å². The highest BCUT2D eigenvalue weighted by atomic mass is 28.3. The van der Waals surface area contributed by atoms with Gasteiger partial charge in [0.2, 0.25) is 0 Å². The molecule has 0 amide bonds. The molecule has 1 aromatic heterocycles. The summed E-state index contributed by atoms with van der Waals surface area (Å²) in [4.78, 5) is 14.5. The van der Waals surface area contributed by atoms with Crippen LogP contribution in [0.3, 0.4) is 0 Å². The van der Waals surface area contributed by atoms with E-state index in [0.29, 0.717) is 5.56 Å². The molecule has 0 aliphatic carbocycles. The van der Waals surface area contributed by atoms with E-state index in [1.807, 2.05) is 72.3 Å². The van der Waals surface area contributed by atoms with Gasteiger partial charge in [-0.25, -0.2) is 4.68 Å². The lowest BCUT2D eigenvalue weighted by Crippen LogP contribution is -2.49. The Bertz CT molecular complexity index is 1240. The van der Waals surface area contributed by atoms with Crippen molar-refractivity contribution in [1.82, 2.24) is 15.0 Å². The zero-order valence-electron chi connectivity index (χ0n) is 18.9. The summed E-state index contributed by atoms with van der Waals surface area (Å²) in [6.07, 6.45) is 0. The topological polar surface area (TPSA) is 47.8 Å². The van der Waals surface area contributed by atoms with Gasteiger partial charge in [-0.05, 0) is 43.2 Å². The fourth-order valence-corrected chi connectivity index (χ4v) is 6.52. The Balaban J connectivity index is 2.10. The van der Waals surface area contributed by atoms with Gasteiger partial charge in [0, 0.05) is 13.6 Å².